The van der Waals surface area contributed by atoms with E-state index in [1.807, 2.05) is 6.26 Å². The molecule has 0 nitrogen and oxygen atoms in total. The standard InChI is InChI=1S/CH2F3S/c1-5(2,3)4/h1H2. The van der Waals surface area contributed by atoms with E-state index in [4.69, 9.17) is 0 Å². The lowest BCUT2D eigenvalue weighted by atomic mass is 12.0. The fraction of sp³-hybridized carbons (Fsp3) is 0. The van der Waals surface area contributed by atoms with Crippen LogP contribution in [-0.4, -0.2) is 0 Å². The summed E-state index contributed by atoms with van der Waals surface area (Å²) < 4.78 is 31.0. The molecule has 0 fully saturated rings. The van der Waals surface area contributed by atoms with E-state index in [1.54, 1.807) is 0 Å². The molecule has 0 aromatic carbocycles. The molecule has 0 heterocycles. The van der Waals surface area contributed by atoms with E-state index in [9.17, 15) is 11.7 Å². The van der Waals surface area contributed by atoms with Crippen LogP contribution in [0.3, 0.4) is 0 Å². The number of hydrogen-bond donors (Lipinski definition) is 0. The summed E-state index contributed by atoms with van der Waals surface area (Å²) in [7, 11) is 0. The van der Waals surface area contributed by atoms with E-state index in [0.717, 1.165) is 0 Å². The van der Waals surface area contributed by atoms with Crippen molar-refractivity contribution in [1.29, 1.82) is 0 Å². The quantitative estimate of drug-likeness (QED) is 0.441. The van der Waals surface area contributed by atoms with Gasteiger partial charge >= 0.3 is 0 Å². The highest BCUT2D eigenvalue weighted by Crippen LogP contribution is 2.50. The highest BCUT2D eigenvalue weighted by molar-refractivity contribution is 8.21. The average molecular weight is 103 g/mol. The van der Waals surface area contributed by atoms with E-state index in [1.165, 1.54) is 0 Å². The van der Waals surface area contributed by atoms with Crippen LogP contribution in [0.15, 0.2) is 0 Å². The van der Waals surface area contributed by atoms with Crippen LogP contribution in [0, 0.1) is 6.26 Å². The summed E-state index contributed by atoms with van der Waals surface area (Å²) in [6.07, 6.45) is 1.85. The Hall–Kier alpha value is 0.140. The maximum Gasteiger partial charge on any atom is 0.210 e. The van der Waals surface area contributed by atoms with Gasteiger partial charge in [-0.2, -0.15) is 0 Å². The number of hydrogen-bond acceptors (Lipinski definition) is 0. The predicted octanol–water partition coefficient (Wildman–Crippen LogP) is 2.24. The summed E-state index contributed by atoms with van der Waals surface area (Å²) in [4.78, 5) is 0. The molecule has 0 aromatic rings. The molecule has 0 aliphatic rings. The lowest BCUT2D eigenvalue weighted by molar-refractivity contribution is 0.653. The van der Waals surface area contributed by atoms with Crippen LogP contribution >= 0.6 is 11.2 Å². The molecule has 0 bridgehead atoms. The molecule has 0 atom stereocenters. The summed E-state index contributed by atoms with van der Waals surface area (Å²) in [5.74, 6) is 0. The SMILES string of the molecule is [CH2]S(F)(F)F. The molecular formula is CH2F3S. The second-order valence-electron chi connectivity index (χ2n) is 0.502. The van der Waals surface area contributed by atoms with Crippen molar-refractivity contribution >= 4 is 11.2 Å². The van der Waals surface area contributed by atoms with Gasteiger partial charge in [0.2, 0.25) is 11.2 Å². The molecule has 0 amide bonds. The van der Waals surface area contributed by atoms with Gasteiger partial charge in [-0.3, -0.25) is 0 Å². The van der Waals surface area contributed by atoms with E-state index >= 15 is 0 Å². The third kappa shape index (κ3) is 967. The van der Waals surface area contributed by atoms with Crippen molar-refractivity contribution in [2.45, 2.75) is 0 Å². The first-order chi connectivity index (χ1) is 2.00. The first-order valence-electron chi connectivity index (χ1n) is 0.752. The fourth-order valence-electron chi connectivity index (χ4n) is 0. The van der Waals surface area contributed by atoms with Crippen LogP contribution in [0.25, 0.3) is 0 Å². The third-order valence-electron chi connectivity index (χ3n) is 0. The van der Waals surface area contributed by atoms with Crippen LogP contribution in [-0.2, 0) is 0 Å². The lowest BCUT2D eigenvalue weighted by Gasteiger charge is -1.94. The molecule has 0 saturated carbocycles. The van der Waals surface area contributed by atoms with E-state index in [2.05, 4.69) is 0 Å². The number of halogens is 3. The van der Waals surface area contributed by atoms with Crippen molar-refractivity contribution in [3.63, 3.8) is 0 Å². The zero-order valence-electron chi connectivity index (χ0n) is 2.25. The molecule has 0 N–H and O–H groups in total. The van der Waals surface area contributed by atoms with Crippen molar-refractivity contribution in [3.8, 4) is 0 Å². The van der Waals surface area contributed by atoms with Gasteiger partial charge in [-0.1, -0.05) is 0 Å². The Morgan fingerprint density at radius 1 is 1.20 bits per heavy atom. The fourth-order valence-corrected chi connectivity index (χ4v) is 0. The van der Waals surface area contributed by atoms with E-state index in [-0.39, 0.29) is 0 Å². The Balaban J connectivity index is 3.02. The van der Waals surface area contributed by atoms with Gasteiger partial charge in [0, 0.05) is 0 Å². The molecule has 4 heteroatoms. The molecule has 0 aliphatic carbocycles. The molecule has 33 valence electrons. The molecule has 0 saturated heterocycles. The first-order valence-corrected chi connectivity index (χ1v) is 2.25. The van der Waals surface area contributed by atoms with Gasteiger partial charge in [0.1, 0.15) is 0 Å². The van der Waals surface area contributed by atoms with Gasteiger partial charge in [0.05, 0.1) is 6.26 Å². The second kappa shape index (κ2) is 1.08. The molecule has 0 unspecified atom stereocenters. The van der Waals surface area contributed by atoms with E-state index < -0.39 is 11.2 Å². The molecule has 0 rings (SSSR count). The minimum absolute atomic E-state index is 1.85. The highest BCUT2D eigenvalue weighted by Gasteiger charge is 2.08. The van der Waals surface area contributed by atoms with E-state index in [0.29, 0.717) is 0 Å². The Bertz CT molecular complexity index is 22.4. The van der Waals surface area contributed by atoms with Crippen molar-refractivity contribution in [2.24, 2.45) is 0 Å². The minimum atomic E-state index is -4.92. The molecule has 0 aromatic heterocycles. The minimum Gasteiger partial charge on any atom is -0.125 e. The Labute approximate surface area is 30.2 Å². The Morgan fingerprint density at radius 3 is 1.20 bits per heavy atom. The third-order valence-corrected chi connectivity index (χ3v) is 0. The zero-order valence-corrected chi connectivity index (χ0v) is 3.07. The summed E-state index contributed by atoms with van der Waals surface area (Å²) in [5.41, 5.74) is 0. The van der Waals surface area contributed by atoms with Crippen LogP contribution in [0.4, 0.5) is 11.7 Å². The normalized spacial score (nSPS) is 15.2. The van der Waals surface area contributed by atoms with Crippen molar-refractivity contribution in [2.75, 3.05) is 0 Å². The average Bonchev–Trinajstić information content (AvgIpc) is 0.722. The molecule has 1 radical (unpaired) electrons. The Morgan fingerprint density at radius 2 is 1.20 bits per heavy atom. The maximum absolute atomic E-state index is 10.3. The van der Waals surface area contributed by atoms with Crippen LogP contribution < -0.4 is 0 Å². The number of rotatable bonds is 0. The van der Waals surface area contributed by atoms with Crippen LogP contribution in [0.5, 0.6) is 0 Å². The molecule has 0 aliphatic heterocycles. The van der Waals surface area contributed by atoms with Gasteiger partial charge < -0.3 is 0 Å². The van der Waals surface area contributed by atoms with Crippen molar-refractivity contribution < 1.29 is 11.7 Å². The zero-order chi connectivity index (χ0) is 4.50. The van der Waals surface area contributed by atoms with Crippen LogP contribution in [0.2, 0.25) is 0 Å². The summed E-state index contributed by atoms with van der Waals surface area (Å²) >= 11 is -4.92. The largest absolute Gasteiger partial charge is 0.210 e. The van der Waals surface area contributed by atoms with Gasteiger partial charge in [-0.05, 0) is 0 Å². The molecule has 0 spiro atoms. The smallest absolute Gasteiger partial charge is 0.125 e. The summed E-state index contributed by atoms with van der Waals surface area (Å²) in [5, 5.41) is 0. The van der Waals surface area contributed by atoms with Gasteiger partial charge in [0.25, 0.3) is 0 Å². The highest BCUT2D eigenvalue weighted by atomic mass is 32.3. The van der Waals surface area contributed by atoms with Crippen molar-refractivity contribution in [3.05, 3.63) is 6.26 Å². The first kappa shape index (κ1) is 5.14. The second-order valence-corrected chi connectivity index (χ2v) is 1.51. The Kier molecular flexibility index (Phi) is 1.11. The molecular weight excluding hydrogens is 101 g/mol. The topological polar surface area (TPSA) is 0 Å². The molecule has 5 heavy (non-hydrogen) atoms. The van der Waals surface area contributed by atoms with Crippen molar-refractivity contribution in [1.82, 2.24) is 0 Å². The summed E-state index contributed by atoms with van der Waals surface area (Å²) in [6.45, 7) is 0. The summed E-state index contributed by atoms with van der Waals surface area (Å²) in [6, 6.07) is 0. The monoisotopic (exact) mass is 103 g/mol. The van der Waals surface area contributed by atoms with Gasteiger partial charge in [-0.25, -0.2) is 0 Å². The van der Waals surface area contributed by atoms with Gasteiger partial charge in [0.15, 0.2) is 0 Å². The lowest BCUT2D eigenvalue weighted by Crippen LogP contribution is -1.52. The maximum atomic E-state index is 10.3. The van der Waals surface area contributed by atoms with Crippen LogP contribution in [0.1, 0.15) is 0 Å². The van der Waals surface area contributed by atoms with Gasteiger partial charge in [-0.15, -0.1) is 11.7 Å². The predicted molar refractivity (Wildman–Crippen MR) is 16.3 cm³/mol.